The van der Waals surface area contributed by atoms with E-state index in [-0.39, 0.29) is 5.56 Å². The van der Waals surface area contributed by atoms with E-state index in [9.17, 15) is 4.79 Å². The van der Waals surface area contributed by atoms with Crippen molar-refractivity contribution in [2.45, 2.75) is 0 Å². The van der Waals surface area contributed by atoms with Gasteiger partial charge in [0.25, 0.3) is 5.56 Å². The third-order valence-corrected chi connectivity index (χ3v) is 5.65. The third-order valence-electron chi connectivity index (χ3n) is 5.65. The lowest BCUT2D eigenvalue weighted by atomic mass is 10.1. The fourth-order valence-electron chi connectivity index (χ4n) is 4.02. The minimum Gasteiger partial charge on any atom is -0.378 e. The first kappa shape index (κ1) is 19.6. The smallest absolute Gasteiger partial charge is 0.280 e. The summed E-state index contributed by atoms with van der Waals surface area (Å²) in [5.41, 5.74) is 7.39. The second-order valence-corrected chi connectivity index (χ2v) is 7.66. The molecule has 0 atom stereocenters. The highest BCUT2D eigenvalue weighted by Gasteiger charge is 2.16. The van der Waals surface area contributed by atoms with Gasteiger partial charge in [-0.05, 0) is 37.4 Å². The SMILES string of the molecule is CNCCNn1c(=O)c(-c2nc3ccc(N4CCOCC4)cc3[nH]2)cc2ccccc21. The van der Waals surface area contributed by atoms with E-state index in [4.69, 9.17) is 9.72 Å². The number of pyridine rings is 1. The van der Waals surface area contributed by atoms with Crippen molar-refractivity contribution in [1.29, 1.82) is 0 Å². The second-order valence-electron chi connectivity index (χ2n) is 7.66. The Bertz CT molecular complexity index is 1270. The van der Waals surface area contributed by atoms with Crippen LogP contribution < -0.4 is 21.2 Å². The van der Waals surface area contributed by atoms with Gasteiger partial charge >= 0.3 is 0 Å². The number of ether oxygens (including phenoxy) is 1. The van der Waals surface area contributed by atoms with Gasteiger partial charge < -0.3 is 25.4 Å². The van der Waals surface area contributed by atoms with Crippen LogP contribution in [-0.2, 0) is 4.74 Å². The molecule has 0 unspecified atom stereocenters. The molecule has 0 amide bonds. The number of fused-ring (bicyclic) bond motifs is 2. The van der Waals surface area contributed by atoms with Crippen LogP contribution in [0.3, 0.4) is 0 Å². The van der Waals surface area contributed by atoms with Gasteiger partial charge in [-0.1, -0.05) is 18.2 Å². The number of likely N-dealkylation sites (N-methyl/N-ethyl adjacent to an activating group) is 1. The van der Waals surface area contributed by atoms with E-state index >= 15 is 0 Å². The number of morpholine rings is 1. The molecule has 0 saturated carbocycles. The molecule has 1 aliphatic rings. The van der Waals surface area contributed by atoms with E-state index in [2.05, 4.69) is 32.8 Å². The molecular weight excluding hydrogens is 392 g/mol. The summed E-state index contributed by atoms with van der Waals surface area (Å²) in [5, 5.41) is 4.07. The number of imidazole rings is 1. The first-order valence-electron chi connectivity index (χ1n) is 10.6. The summed E-state index contributed by atoms with van der Waals surface area (Å²) < 4.78 is 7.08. The summed E-state index contributed by atoms with van der Waals surface area (Å²) in [6, 6.07) is 16.0. The molecule has 31 heavy (non-hydrogen) atoms. The van der Waals surface area contributed by atoms with Gasteiger partial charge in [-0.25, -0.2) is 9.66 Å². The van der Waals surface area contributed by atoms with E-state index in [1.165, 1.54) is 0 Å². The van der Waals surface area contributed by atoms with Gasteiger partial charge in [0.15, 0.2) is 0 Å². The minimum atomic E-state index is -0.123. The third kappa shape index (κ3) is 3.75. The molecule has 4 aromatic rings. The first-order chi connectivity index (χ1) is 15.2. The number of aromatic nitrogens is 3. The number of H-pyrrole nitrogens is 1. The Hall–Kier alpha value is -3.36. The van der Waals surface area contributed by atoms with Gasteiger partial charge in [0, 0.05) is 37.3 Å². The summed E-state index contributed by atoms with van der Waals surface area (Å²) in [5.74, 6) is 0.578. The van der Waals surface area contributed by atoms with Gasteiger partial charge in [0.1, 0.15) is 5.82 Å². The summed E-state index contributed by atoms with van der Waals surface area (Å²) in [6.07, 6.45) is 0. The number of nitrogens with zero attached hydrogens (tertiary/aromatic N) is 3. The lowest BCUT2D eigenvalue weighted by Crippen LogP contribution is -2.36. The summed E-state index contributed by atoms with van der Waals surface area (Å²) in [6.45, 7) is 4.61. The number of hydrogen-bond acceptors (Lipinski definition) is 6. The van der Waals surface area contributed by atoms with Crippen LogP contribution in [0.1, 0.15) is 0 Å². The van der Waals surface area contributed by atoms with E-state index in [0.717, 1.165) is 60.5 Å². The van der Waals surface area contributed by atoms with Crippen LogP contribution in [0, 0.1) is 0 Å². The maximum absolute atomic E-state index is 13.4. The molecule has 8 heteroatoms. The Morgan fingerprint density at radius 2 is 1.94 bits per heavy atom. The number of nitrogens with one attached hydrogen (secondary N) is 3. The van der Waals surface area contributed by atoms with E-state index < -0.39 is 0 Å². The van der Waals surface area contributed by atoms with E-state index in [0.29, 0.717) is 17.9 Å². The maximum atomic E-state index is 13.4. The van der Waals surface area contributed by atoms with Crippen LogP contribution in [0.4, 0.5) is 5.69 Å². The largest absolute Gasteiger partial charge is 0.378 e. The fourth-order valence-corrected chi connectivity index (χ4v) is 4.02. The van der Waals surface area contributed by atoms with Crippen molar-refractivity contribution in [1.82, 2.24) is 20.0 Å². The molecule has 0 radical (unpaired) electrons. The highest BCUT2D eigenvalue weighted by Crippen LogP contribution is 2.25. The van der Waals surface area contributed by atoms with Crippen molar-refractivity contribution >= 4 is 27.6 Å². The average Bonchev–Trinajstić information content (AvgIpc) is 3.24. The van der Waals surface area contributed by atoms with Crippen molar-refractivity contribution in [3.05, 3.63) is 58.9 Å². The summed E-state index contributed by atoms with van der Waals surface area (Å²) in [4.78, 5) is 23.8. The van der Waals surface area contributed by atoms with Crippen molar-refractivity contribution in [3.63, 3.8) is 0 Å². The fraction of sp³-hybridized carbons (Fsp3) is 0.304. The number of hydrogen-bond donors (Lipinski definition) is 3. The minimum absolute atomic E-state index is 0.123. The molecule has 8 nitrogen and oxygen atoms in total. The van der Waals surface area contributed by atoms with Crippen molar-refractivity contribution in [3.8, 4) is 11.4 Å². The van der Waals surface area contributed by atoms with Crippen LogP contribution in [-0.4, -0.2) is 61.1 Å². The predicted molar refractivity (Wildman–Crippen MR) is 124 cm³/mol. The molecule has 0 spiro atoms. The zero-order chi connectivity index (χ0) is 21.2. The zero-order valence-corrected chi connectivity index (χ0v) is 17.5. The zero-order valence-electron chi connectivity index (χ0n) is 17.5. The van der Waals surface area contributed by atoms with Crippen LogP contribution >= 0.6 is 0 Å². The molecule has 1 aliphatic heterocycles. The second kappa shape index (κ2) is 8.41. The topological polar surface area (TPSA) is 87.2 Å². The van der Waals surface area contributed by atoms with Crippen molar-refractivity contribution in [2.75, 3.05) is 56.8 Å². The Balaban J connectivity index is 1.58. The molecule has 2 aromatic heterocycles. The normalized spacial score (nSPS) is 14.4. The number of rotatable bonds is 6. The molecule has 0 aliphatic carbocycles. The standard InChI is InChI=1S/C23H26N6O2/c1-24-8-9-25-29-21-5-3-2-4-16(21)14-18(23(29)30)22-26-19-7-6-17(15-20(19)27-22)28-10-12-31-13-11-28/h2-7,14-15,24-25H,8-13H2,1H3,(H,26,27). The molecule has 160 valence electrons. The van der Waals surface area contributed by atoms with E-state index in [1.54, 1.807) is 4.68 Å². The lowest BCUT2D eigenvalue weighted by Gasteiger charge is -2.28. The Morgan fingerprint density at radius 1 is 1.10 bits per heavy atom. The number of anilines is 1. The maximum Gasteiger partial charge on any atom is 0.280 e. The van der Waals surface area contributed by atoms with E-state index in [1.807, 2.05) is 43.4 Å². The van der Waals surface area contributed by atoms with Gasteiger partial charge in [-0.15, -0.1) is 0 Å². The molecule has 3 N–H and O–H groups in total. The van der Waals surface area contributed by atoms with Gasteiger partial charge in [0.2, 0.25) is 0 Å². The summed E-state index contributed by atoms with van der Waals surface area (Å²) in [7, 11) is 1.89. The highest BCUT2D eigenvalue weighted by atomic mass is 16.5. The molecule has 1 fully saturated rings. The molecule has 2 aromatic carbocycles. The van der Waals surface area contributed by atoms with Gasteiger partial charge in [-0.2, -0.15) is 0 Å². The first-order valence-corrected chi connectivity index (χ1v) is 10.6. The van der Waals surface area contributed by atoms with Crippen LogP contribution in [0.15, 0.2) is 53.3 Å². The quantitative estimate of drug-likeness (QED) is 0.416. The van der Waals surface area contributed by atoms with Gasteiger partial charge in [-0.3, -0.25) is 4.79 Å². The monoisotopic (exact) mass is 418 g/mol. The van der Waals surface area contributed by atoms with Crippen LogP contribution in [0.5, 0.6) is 0 Å². The lowest BCUT2D eigenvalue weighted by molar-refractivity contribution is 0.122. The molecule has 0 bridgehead atoms. The van der Waals surface area contributed by atoms with Crippen LogP contribution in [0.25, 0.3) is 33.3 Å². The van der Waals surface area contributed by atoms with Crippen molar-refractivity contribution in [2.24, 2.45) is 0 Å². The Kier molecular flexibility index (Phi) is 5.31. The molecule has 1 saturated heterocycles. The highest BCUT2D eigenvalue weighted by molar-refractivity contribution is 5.86. The summed E-state index contributed by atoms with van der Waals surface area (Å²) >= 11 is 0. The predicted octanol–water partition coefficient (Wildman–Crippen LogP) is 2.14. The average molecular weight is 419 g/mol. The Labute approximate surface area is 179 Å². The van der Waals surface area contributed by atoms with Crippen molar-refractivity contribution < 1.29 is 4.74 Å². The van der Waals surface area contributed by atoms with Gasteiger partial charge in [0.05, 0.1) is 35.3 Å². The number of para-hydroxylation sites is 1. The molecule has 3 heterocycles. The number of benzene rings is 2. The Morgan fingerprint density at radius 3 is 2.77 bits per heavy atom. The van der Waals surface area contributed by atoms with Crippen LogP contribution in [0.2, 0.25) is 0 Å². The molecule has 5 rings (SSSR count). The molecular formula is C23H26N6O2. The number of aromatic amines is 1.